The van der Waals surface area contributed by atoms with Crippen LogP contribution >= 0.6 is 0 Å². The van der Waals surface area contributed by atoms with E-state index in [2.05, 4.69) is 5.32 Å². The number of rotatable bonds is 6. The number of hydrogen-bond acceptors (Lipinski definition) is 5. The lowest BCUT2D eigenvalue weighted by Gasteiger charge is -2.10. The van der Waals surface area contributed by atoms with Gasteiger partial charge in [0.1, 0.15) is 0 Å². The van der Waals surface area contributed by atoms with Crippen LogP contribution in [0.1, 0.15) is 22.8 Å². The van der Waals surface area contributed by atoms with Gasteiger partial charge >= 0.3 is 5.97 Å². The minimum absolute atomic E-state index is 0.0759. The third-order valence-corrected chi connectivity index (χ3v) is 5.36. The predicted octanol–water partition coefficient (Wildman–Crippen LogP) is 2.58. The summed E-state index contributed by atoms with van der Waals surface area (Å²) in [7, 11) is -3.57. The van der Waals surface area contributed by atoms with Crippen molar-refractivity contribution in [3.05, 3.63) is 59.7 Å². The zero-order valence-electron chi connectivity index (χ0n) is 14.0. The summed E-state index contributed by atoms with van der Waals surface area (Å²) in [5.41, 5.74) is 1.42. The van der Waals surface area contributed by atoms with Crippen LogP contribution in [-0.2, 0) is 19.4 Å². The highest BCUT2D eigenvalue weighted by Gasteiger charge is 2.22. The fraction of sp³-hybridized carbons (Fsp3) is 0.222. The fourth-order valence-corrected chi connectivity index (χ4v) is 3.25. The largest absolute Gasteiger partial charge is 0.452 e. The van der Waals surface area contributed by atoms with Gasteiger partial charge in [0.25, 0.3) is 5.91 Å². The molecule has 0 aliphatic carbocycles. The Hall–Kier alpha value is -2.67. The Morgan fingerprint density at radius 3 is 2.36 bits per heavy atom. The minimum Gasteiger partial charge on any atom is -0.452 e. The van der Waals surface area contributed by atoms with E-state index in [0.717, 1.165) is 5.56 Å². The zero-order chi connectivity index (χ0) is 18.4. The molecule has 132 valence electrons. The van der Waals surface area contributed by atoms with E-state index in [-0.39, 0.29) is 16.2 Å². The first kappa shape index (κ1) is 18.7. The Morgan fingerprint density at radius 2 is 1.68 bits per heavy atom. The van der Waals surface area contributed by atoms with Gasteiger partial charge in [-0.2, -0.15) is 0 Å². The number of carbonyl (C=O) groups excluding carboxylic acids is 2. The van der Waals surface area contributed by atoms with Gasteiger partial charge in [-0.1, -0.05) is 37.3 Å². The van der Waals surface area contributed by atoms with Gasteiger partial charge in [0.15, 0.2) is 16.4 Å². The molecule has 0 radical (unpaired) electrons. The van der Waals surface area contributed by atoms with Gasteiger partial charge in [-0.3, -0.25) is 4.79 Å². The van der Waals surface area contributed by atoms with Gasteiger partial charge in [-0.05, 0) is 30.7 Å². The van der Waals surface area contributed by atoms with Gasteiger partial charge in [-0.15, -0.1) is 0 Å². The van der Waals surface area contributed by atoms with Gasteiger partial charge < -0.3 is 10.1 Å². The summed E-state index contributed by atoms with van der Waals surface area (Å²) in [6.45, 7) is 2.83. The van der Waals surface area contributed by atoms with Crippen LogP contribution in [-0.4, -0.2) is 32.7 Å². The number of nitrogens with one attached hydrogen (secondary N) is 1. The average molecular weight is 361 g/mol. The normalized spacial score (nSPS) is 11.0. The van der Waals surface area contributed by atoms with Gasteiger partial charge in [0, 0.05) is 5.69 Å². The maximum absolute atomic E-state index is 12.2. The molecule has 0 fully saturated rings. The summed E-state index contributed by atoms with van der Waals surface area (Å²) in [5.74, 6) is -1.49. The number of sulfone groups is 1. The van der Waals surface area contributed by atoms with Crippen LogP contribution < -0.4 is 5.32 Å². The van der Waals surface area contributed by atoms with E-state index in [4.69, 9.17) is 4.74 Å². The van der Waals surface area contributed by atoms with Crippen LogP contribution in [0.3, 0.4) is 0 Å². The molecule has 1 amide bonds. The monoisotopic (exact) mass is 361 g/mol. The van der Waals surface area contributed by atoms with E-state index in [1.54, 1.807) is 18.2 Å². The maximum atomic E-state index is 12.2. The molecule has 25 heavy (non-hydrogen) atoms. The number of para-hydroxylation sites is 1. The average Bonchev–Trinajstić information content (AvgIpc) is 2.61. The predicted molar refractivity (Wildman–Crippen MR) is 94.3 cm³/mol. The van der Waals surface area contributed by atoms with Crippen molar-refractivity contribution in [2.45, 2.75) is 18.7 Å². The topological polar surface area (TPSA) is 89.5 Å². The second-order valence-corrected chi connectivity index (χ2v) is 7.59. The summed E-state index contributed by atoms with van der Waals surface area (Å²) < 4.78 is 29.1. The summed E-state index contributed by atoms with van der Waals surface area (Å²) in [6.07, 6.45) is 0. The van der Waals surface area contributed by atoms with Crippen molar-refractivity contribution in [2.24, 2.45) is 0 Å². The van der Waals surface area contributed by atoms with Crippen molar-refractivity contribution in [1.82, 2.24) is 0 Å². The molecule has 0 heterocycles. The molecule has 0 aromatic heterocycles. The molecule has 2 rings (SSSR count). The lowest BCUT2D eigenvalue weighted by molar-refractivity contribution is -0.119. The smallest absolute Gasteiger partial charge is 0.339 e. The van der Waals surface area contributed by atoms with Crippen LogP contribution in [0.25, 0.3) is 0 Å². The molecule has 0 spiro atoms. The number of esters is 1. The van der Waals surface area contributed by atoms with Crippen molar-refractivity contribution in [1.29, 1.82) is 0 Å². The molecule has 0 aliphatic rings. The zero-order valence-corrected chi connectivity index (χ0v) is 14.8. The molecule has 0 unspecified atom stereocenters. The maximum Gasteiger partial charge on any atom is 0.339 e. The van der Waals surface area contributed by atoms with Crippen molar-refractivity contribution < 1.29 is 22.7 Å². The molecule has 0 saturated heterocycles. The van der Waals surface area contributed by atoms with E-state index in [1.807, 2.05) is 19.1 Å². The number of ether oxygens (including phenoxy) is 1. The third-order valence-electron chi connectivity index (χ3n) is 3.58. The highest BCUT2D eigenvalue weighted by molar-refractivity contribution is 7.91. The van der Waals surface area contributed by atoms with Crippen molar-refractivity contribution in [3.63, 3.8) is 0 Å². The SMILES string of the molecule is CCS(=O)(=O)c1ccccc1C(=O)OCC(=O)Nc1ccccc1C. The van der Waals surface area contributed by atoms with Crippen molar-refractivity contribution >= 4 is 27.4 Å². The molecule has 6 nitrogen and oxygen atoms in total. The molecule has 7 heteroatoms. The Kier molecular flexibility index (Phi) is 5.93. The first-order valence-corrected chi connectivity index (χ1v) is 9.34. The third kappa shape index (κ3) is 4.67. The number of aryl methyl sites for hydroxylation is 1. The standard InChI is InChI=1S/C18H19NO5S/c1-3-25(22,23)16-11-7-5-9-14(16)18(21)24-12-17(20)19-15-10-6-4-8-13(15)2/h4-11H,3,12H2,1-2H3,(H,19,20). The van der Waals surface area contributed by atoms with Crippen molar-refractivity contribution in [3.8, 4) is 0 Å². The molecule has 0 aliphatic heterocycles. The van der Waals surface area contributed by atoms with Crippen LogP contribution in [0.2, 0.25) is 0 Å². The molecular weight excluding hydrogens is 342 g/mol. The molecule has 2 aromatic carbocycles. The number of carbonyl (C=O) groups is 2. The Labute approximate surface area is 146 Å². The first-order valence-electron chi connectivity index (χ1n) is 7.69. The summed E-state index contributed by atoms with van der Waals surface area (Å²) in [5, 5.41) is 2.64. The second kappa shape index (κ2) is 7.94. The fourth-order valence-electron chi connectivity index (χ4n) is 2.17. The molecule has 0 bridgehead atoms. The Morgan fingerprint density at radius 1 is 1.04 bits per heavy atom. The van der Waals surface area contributed by atoms with Crippen LogP contribution in [0.4, 0.5) is 5.69 Å². The number of benzene rings is 2. The Bertz CT molecular complexity index is 890. The summed E-state index contributed by atoms with van der Waals surface area (Å²) in [6, 6.07) is 13.0. The van der Waals surface area contributed by atoms with Crippen LogP contribution in [0.5, 0.6) is 0 Å². The van der Waals surface area contributed by atoms with Crippen LogP contribution in [0.15, 0.2) is 53.4 Å². The van der Waals surface area contributed by atoms with E-state index < -0.39 is 28.3 Å². The molecular formula is C18H19NO5S. The number of amides is 1. The Balaban J connectivity index is 2.06. The molecule has 0 atom stereocenters. The van der Waals surface area contributed by atoms with Crippen LogP contribution in [0, 0.1) is 6.92 Å². The van der Waals surface area contributed by atoms with Gasteiger partial charge in [0.2, 0.25) is 0 Å². The van der Waals surface area contributed by atoms with E-state index in [9.17, 15) is 18.0 Å². The quantitative estimate of drug-likeness (QED) is 0.799. The van der Waals surface area contributed by atoms with E-state index >= 15 is 0 Å². The number of hydrogen-bond donors (Lipinski definition) is 1. The molecule has 1 N–H and O–H groups in total. The molecule has 0 saturated carbocycles. The summed E-state index contributed by atoms with van der Waals surface area (Å²) in [4.78, 5) is 24.0. The minimum atomic E-state index is -3.57. The van der Waals surface area contributed by atoms with E-state index in [0.29, 0.717) is 5.69 Å². The molecule has 2 aromatic rings. The highest BCUT2D eigenvalue weighted by atomic mass is 32.2. The second-order valence-electron chi connectivity index (χ2n) is 5.34. The lowest BCUT2D eigenvalue weighted by Crippen LogP contribution is -2.22. The summed E-state index contributed by atoms with van der Waals surface area (Å²) >= 11 is 0. The van der Waals surface area contributed by atoms with Crippen molar-refractivity contribution in [2.75, 3.05) is 17.7 Å². The van der Waals surface area contributed by atoms with Gasteiger partial charge in [0.05, 0.1) is 16.2 Å². The lowest BCUT2D eigenvalue weighted by atomic mass is 10.2. The first-order chi connectivity index (χ1) is 11.8. The van der Waals surface area contributed by atoms with E-state index in [1.165, 1.54) is 25.1 Å². The highest BCUT2D eigenvalue weighted by Crippen LogP contribution is 2.18. The van der Waals surface area contributed by atoms with Gasteiger partial charge in [-0.25, -0.2) is 13.2 Å². The number of anilines is 1.